The minimum absolute atomic E-state index is 0.0327. The van der Waals surface area contributed by atoms with Gasteiger partial charge in [0.25, 0.3) is 11.8 Å². The van der Waals surface area contributed by atoms with Crippen molar-refractivity contribution in [3.63, 3.8) is 0 Å². The van der Waals surface area contributed by atoms with Crippen molar-refractivity contribution in [1.82, 2.24) is 5.32 Å². The number of fused-ring (bicyclic) bond motifs is 1. The number of hydrogen-bond donors (Lipinski definition) is 4. The predicted molar refractivity (Wildman–Crippen MR) is 167 cm³/mol. The zero-order valence-electron chi connectivity index (χ0n) is 25.9. The van der Waals surface area contributed by atoms with E-state index in [9.17, 15) is 50.2 Å². The van der Waals surface area contributed by atoms with E-state index in [1.165, 1.54) is 19.2 Å². The lowest BCUT2D eigenvalue weighted by atomic mass is 10.0. The largest absolute Gasteiger partial charge is 0.496 e. The van der Waals surface area contributed by atoms with Gasteiger partial charge in [0.2, 0.25) is 5.91 Å². The van der Waals surface area contributed by atoms with Crippen molar-refractivity contribution in [2.24, 2.45) is 5.92 Å². The van der Waals surface area contributed by atoms with Gasteiger partial charge in [0, 0.05) is 28.2 Å². The number of hydrogen-bond acceptors (Lipinski definition) is 6. The summed E-state index contributed by atoms with van der Waals surface area (Å²) < 4.78 is 99.5. The molecule has 1 aromatic heterocycles. The van der Waals surface area contributed by atoms with Crippen LogP contribution in [0.5, 0.6) is 5.75 Å². The third-order valence-corrected chi connectivity index (χ3v) is 8.86. The first-order valence-corrected chi connectivity index (χ1v) is 15.4. The Morgan fingerprint density at radius 2 is 1.63 bits per heavy atom. The molecule has 260 valence electrons. The topological polar surface area (TPSA) is 117 Å². The molecule has 1 saturated carbocycles. The molecule has 8 nitrogen and oxygen atoms in total. The molecule has 0 bridgehead atoms. The molecular formula is C33H28F7N3O5S. The lowest BCUT2D eigenvalue weighted by molar-refractivity contribution is -0.140. The Balaban J connectivity index is 1.48. The number of carbonyl (C=O) groups is 3. The number of rotatable bonds is 9. The van der Waals surface area contributed by atoms with Crippen molar-refractivity contribution in [1.29, 1.82) is 0 Å². The van der Waals surface area contributed by atoms with E-state index in [2.05, 4.69) is 16.0 Å². The van der Waals surface area contributed by atoms with Crippen LogP contribution < -0.4 is 20.7 Å². The zero-order valence-corrected chi connectivity index (χ0v) is 26.7. The van der Waals surface area contributed by atoms with Gasteiger partial charge in [-0.2, -0.15) is 26.3 Å². The highest BCUT2D eigenvalue weighted by Gasteiger charge is 2.44. The van der Waals surface area contributed by atoms with E-state index in [1.54, 1.807) is 19.9 Å². The van der Waals surface area contributed by atoms with Gasteiger partial charge in [0.05, 0.1) is 35.1 Å². The smallest absolute Gasteiger partial charge is 0.419 e. The first-order chi connectivity index (χ1) is 22.8. The van der Waals surface area contributed by atoms with Crippen LogP contribution in [0.3, 0.4) is 0 Å². The average Bonchev–Trinajstić information content (AvgIpc) is 3.74. The number of carbonyl (C=O) groups excluding carboxylic acids is 3. The maximum Gasteiger partial charge on any atom is 0.419 e. The van der Waals surface area contributed by atoms with Crippen LogP contribution in [-0.2, 0) is 17.1 Å². The number of methoxy groups -OCH3 is 1. The molecule has 3 aromatic carbocycles. The van der Waals surface area contributed by atoms with E-state index in [0.717, 1.165) is 24.3 Å². The molecule has 1 fully saturated rings. The molecule has 0 aliphatic heterocycles. The summed E-state index contributed by atoms with van der Waals surface area (Å²) in [4.78, 5) is 39.4. The summed E-state index contributed by atoms with van der Waals surface area (Å²) in [6.45, 7) is 3.11. The third-order valence-electron chi connectivity index (χ3n) is 7.71. The second-order valence-electron chi connectivity index (χ2n) is 12.1. The number of benzene rings is 3. The van der Waals surface area contributed by atoms with Crippen molar-refractivity contribution >= 4 is 50.5 Å². The Hall–Kier alpha value is -4.70. The first-order valence-electron chi connectivity index (χ1n) is 14.6. The molecule has 0 radical (unpaired) electrons. The number of thiophene rings is 1. The summed E-state index contributed by atoms with van der Waals surface area (Å²) in [5.41, 5.74) is -3.92. The molecule has 2 atom stereocenters. The molecule has 3 amide bonds. The quantitative estimate of drug-likeness (QED) is 0.134. The van der Waals surface area contributed by atoms with Gasteiger partial charge in [-0.15, -0.1) is 11.3 Å². The van der Waals surface area contributed by atoms with E-state index in [4.69, 9.17) is 4.74 Å². The molecule has 1 aliphatic carbocycles. The van der Waals surface area contributed by atoms with Gasteiger partial charge < -0.3 is 25.8 Å². The van der Waals surface area contributed by atoms with Crippen LogP contribution in [0.4, 0.5) is 42.1 Å². The summed E-state index contributed by atoms with van der Waals surface area (Å²) in [6.07, 6.45) is -9.36. The fourth-order valence-electron chi connectivity index (χ4n) is 5.17. The van der Waals surface area contributed by atoms with E-state index < -0.39 is 58.3 Å². The molecule has 4 N–H and O–H groups in total. The Kier molecular flexibility index (Phi) is 9.42. The standard InChI is InChI=1S/C33H28F7N3O5S/c1-31(2,47)14-41-28(44)20-13-19(20)15-4-9-24(48-3)21(10-15)29(45)43-26-18-7-5-16(32(35,36)37)11-25(18)49-27(26)30(46)42-17-6-8-23(34)22(12-17)33(38,39)40/h4-12,19-20,47H,13-14H2,1-3H3,(H,41,44)(H,42,46)(H,43,45). The lowest BCUT2D eigenvalue weighted by Crippen LogP contribution is -2.39. The van der Waals surface area contributed by atoms with Crippen LogP contribution in [0, 0.1) is 11.7 Å². The minimum Gasteiger partial charge on any atom is -0.496 e. The molecule has 0 spiro atoms. The molecule has 16 heteroatoms. The Bertz CT molecular complexity index is 1950. The van der Waals surface area contributed by atoms with Crippen molar-refractivity contribution in [2.75, 3.05) is 24.3 Å². The Morgan fingerprint density at radius 1 is 0.918 bits per heavy atom. The van der Waals surface area contributed by atoms with Crippen molar-refractivity contribution in [2.45, 2.75) is 44.1 Å². The normalized spacial score (nSPS) is 16.3. The SMILES string of the molecule is COc1ccc(C2CC2C(=O)NCC(C)(C)O)cc1C(=O)Nc1c(C(=O)Nc2ccc(F)c(C(F)(F)F)c2)sc2cc(C(F)(F)F)ccc12. The average molecular weight is 712 g/mol. The number of alkyl halides is 6. The second-order valence-corrected chi connectivity index (χ2v) is 13.1. The van der Waals surface area contributed by atoms with Crippen LogP contribution in [-0.4, -0.2) is 42.1 Å². The second kappa shape index (κ2) is 13.0. The van der Waals surface area contributed by atoms with Crippen LogP contribution in [0.1, 0.15) is 62.9 Å². The fourth-order valence-corrected chi connectivity index (χ4v) is 6.26. The third kappa shape index (κ3) is 7.96. The van der Waals surface area contributed by atoms with Gasteiger partial charge >= 0.3 is 12.4 Å². The van der Waals surface area contributed by atoms with Crippen LogP contribution in [0.25, 0.3) is 10.1 Å². The van der Waals surface area contributed by atoms with Gasteiger partial charge in [0.1, 0.15) is 16.4 Å². The minimum atomic E-state index is -5.08. The predicted octanol–water partition coefficient (Wildman–Crippen LogP) is 7.58. The van der Waals surface area contributed by atoms with Crippen molar-refractivity contribution < 1.29 is 55.0 Å². The lowest BCUT2D eigenvalue weighted by Gasteiger charge is -2.17. The molecule has 4 aromatic rings. The summed E-state index contributed by atoms with van der Waals surface area (Å²) in [6, 6.07) is 8.96. The van der Waals surface area contributed by atoms with Gasteiger partial charge in [0.15, 0.2) is 0 Å². The number of amides is 3. The molecule has 5 rings (SSSR count). The zero-order chi connectivity index (χ0) is 36.1. The first kappa shape index (κ1) is 35.6. The highest BCUT2D eigenvalue weighted by molar-refractivity contribution is 7.21. The monoisotopic (exact) mass is 711 g/mol. The van der Waals surface area contributed by atoms with Gasteiger partial charge in [-0.3, -0.25) is 14.4 Å². The van der Waals surface area contributed by atoms with Crippen molar-refractivity contribution in [3.8, 4) is 5.75 Å². The van der Waals surface area contributed by atoms with E-state index in [0.29, 0.717) is 35.5 Å². The Morgan fingerprint density at radius 3 is 2.27 bits per heavy atom. The molecule has 2 unspecified atom stereocenters. The molecule has 49 heavy (non-hydrogen) atoms. The molecule has 1 aliphatic rings. The fraction of sp³-hybridized carbons (Fsp3) is 0.303. The number of nitrogens with one attached hydrogen (secondary N) is 3. The molecule has 1 heterocycles. The van der Waals surface area contributed by atoms with Crippen LogP contribution in [0.15, 0.2) is 54.6 Å². The highest BCUT2D eigenvalue weighted by atomic mass is 32.1. The van der Waals surface area contributed by atoms with Crippen LogP contribution >= 0.6 is 11.3 Å². The maximum absolute atomic E-state index is 13.8. The number of anilines is 2. The number of aliphatic hydroxyl groups is 1. The van der Waals surface area contributed by atoms with Gasteiger partial charge in [-0.05, 0) is 74.2 Å². The summed E-state index contributed by atoms with van der Waals surface area (Å²) in [7, 11) is 1.30. The molecule has 0 saturated heterocycles. The molecular weight excluding hydrogens is 683 g/mol. The summed E-state index contributed by atoms with van der Waals surface area (Å²) in [5, 5.41) is 17.4. The Labute approximate surface area is 278 Å². The number of ether oxygens (including phenoxy) is 1. The van der Waals surface area contributed by atoms with Gasteiger partial charge in [-0.25, -0.2) is 4.39 Å². The maximum atomic E-state index is 13.8. The van der Waals surface area contributed by atoms with Crippen molar-refractivity contribution in [3.05, 3.63) is 87.5 Å². The van der Waals surface area contributed by atoms with Gasteiger partial charge in [-0.1, -0.05) is 12.1 Å². The summed E-state index contributed by atoms with van der Waals surface area (Å²) in [5.74, 6) is -4.36. The summed E-state index contributed by atoms with van der Waals surface area (Å²) >= 11 is 0.553. The van der Waals surface area contributed by atoms with Crippen LogP contribution in [0.2, 0.25) is 0 Å². The van der Waals surface area contributed by atoms with E-state index in [-0.39, 0.29) is 50.3 Å². The highest BCUT2D eigenvalue weighted by Crippen LogP contribution is 2.48. The number of halogens is 7. The van der Waals surface area contributed by atoms with E-state index in [1.807, 2.05) is 0 Å². The van der Waals surface area contributed by atoms with E-state index >= 15 is 0 Å².